The van der Waals surface area contributed by atoms with Gasteiger partial charge in [0.25, 0.3) is 0 Å². The lowest BCUT2D eigenvalue weighted by Crippen LogP contribution is -2.28. The lowest BCUT2D eigenvalue weighted by Gasteiger charge is -2.14. The molecule has 1 aliphatic rings. The number of amides is 1. The van der Waals surface area contributed by atoms with Crippen LogP contribution < -0.4 is 11.0 Å². The maximum atomic E-state index is 12.0. The zero-order valence-corrected chi connectivity index (χ0v) is 13.1. The summed E-state index contributed by atoms with van der Waals surface area (Å²) in [6.07, 6.45) is 2.68. The van der Waals surface area contributed by atoms with E-state index in [1.54, 1.807) is 0 Å². The van der Waals surface area contributed by atoms with Gasteiger partial charge in [0.2, 0.25) is 5.91 Å². The van der Waals surface area contributed by atoms with Crippen molar-refractivity contribution in [2.24, 2.45) is 0 Å². The molecule has 1 aromatic heterocycles. The van der Waals surface area contributed by atoms with Gasteiger partial charge in [0, 0.05) is 19.0 Å². The Morgan fingerprint density at radius 2 is 2.30 bits per heavy atom. The molecular weight excluding hydrogens is 302 g/mol. The molecule has 3 N–H and O–H groups in total. The fourth-order valence-corrected chi connectivity index (χ4v) is 2.49. The summed E-state index contributed by atoms with van der Waals surface area (Å²) in [4.78, 5) is 27.6. The molecule has 0 aliphatic carbocycles. The fraction of sp³-hybridized carbons (Fsp3) is 0.667. The van der Waals surface area contributed by atoms with Crippen LogP contribution in [-0.2, 0) is 9.53 Å². The molecule has 0 aromatic carbocycles. The van der Waals surface area contributed by atoms with Gasteiger partial charge in [0.1, 0.15) is 18.1 Å². The Kier molecular flexibility index (Phi) is 6.26. The molecule has 8 heteroatoms. The number of aliphatic hydroxyl groups excluding tert-OH is 2. The number of anilines is 1. The number of rotatable bonds is 7. The summed E-state index contributed by atoms with van der Waals surface area (Å²) in [6, 6.07) is 1.52. The highest BCUT2D eigenvalue weighted by atomic mass is 16.5. The van der Waals surface area contributed by atoms with Crippen LogP contribution in [0.25, 0.3) is 0 Å². The molecule has 2 rings (SSSR count). The number of carbonyl (C=O) groups excluding carboxylic acids is 1. The van der Waals surface area contributed by atoms with E-state index < -0.39 is 24.1 Å². The minimum absolute atomic E-state index is 0.170. The molecule has 1 amide bonds. The highest BCUT2D eigenvalue weighted by Crippen LogP contribution is 2.27. The molecule has 1 aromatic rings. The molecule has 1 saturated heterocycles. The maximum Gasteiger partial charge on any atom is 0.351 e. The third-order valence-electron chi connectivity index (χ3n) is 3.80. The largest absolute Gasteiger partial charge is 0.394 e. The standard InChI is InChI=1S/C15H23N3O5/c1-2-3-4-5-13(21)16-12-6-7-18(15(22)17-12)14-8-10(20)11(9-19)23-14/h6-7,10-11,14,19-20H,2-5,8-9H2,1H3,(H,16,17,21,22)/t10-,11-,14-/m1/s1. The first kappa shape index (κ1) is 17.6. The van der Waals surface area contributed by atoms with Crippen molar-refractivity contribution in [2.45, 2.75) is 57.5 Å². The average molecular weight is 325 g/mol. The molecule has 128 valence electrons. The first-order chi connectivity index (χ1) is 11.0. The van der Waals surface area contributed by atoms with E-state index >= 15 is 0 Å². The zero-order valence-electron chi connectivity index (χ0n) is 13.1. The van der Waals surface area contributed by atoms with Crippen LogP contribution in [0.15, 0.2) is 17.1 Å². The Hall–Kier alpha value is -1.77. The summed E-state index contributed by atoms with van der Waals surface area (Å²) in [5.74, 6) is 0.0287. The molecule has 23 heavy (non-hydrogen) atoms. The molecule has 0 bridgehead atoms. The second-order valence-corrected chi connectivity index (χ2v) is 5.62. The molecule has 1 aliphatic heterocycles. The number of carbonyl (C=O) groups is 1. The Bertz CT molecular complexity index is 589. The van der Waals surface area contributed by atoms with Crippen LogP contribution >= 0.6 is 0 Å². The van der Waals surface area contributed by atoms with Gasteiger partial charge >= 0.3 is 5.69 Å². The van der Waals surface area contributed by atoms with Gasteiger partial charge in [0.15, 0.2) is 0 Å². The lowest BCUT2D eigenvalue weighted by atomic mass is 10.2. The number of ether oxygens (including phenoxy) is 1. The van der Waals surface area contributed by atoms with Crippen LogP contribution in [0.3, 0.4) is 0 Å². The van der Waals surface area contributed by atoms with Gasteiger partial charge in [-0.15, -0.1) is 0 Å². The van der Waals surface area contributed by atoms with Gasteiger partial charge in [-0.1, -0.05) is 19.8 Å². The number of unbranched alkanes of at least 4 members (excludes halogenated alkanes) is 2. The van der Waals surface area contributed by atoms with Crippen LogP contribution in [0, 0.1) is 0 Å². The average Bonchev–Trinajstić information content (AvgIpc) is 2.88. The first-order valence-electron chi connectivity index (χ1n) is 7.88. The molecule has 0 spiro atoms. The molecule has 0 radical (unpaired) electrons. The summed E-state index contributed by atoms with van der Waals surface area (Å²) < 4.78 is 6.65. The monoisotopic (exact) mass is 325 g/mol. The fourth-order valence-electron chi connectivity index (χ4n) is 2.49. The molecule has 1 fully saturated rings. The minimum Gasteiger partial charge on any atom is -0.394 e. The topological polar surface area (TPSA) is 114 Å². The van der Waals surface area contributed by atoms with Crippen molar-refractivity contribution in [1.82, 2.24) is 9.55 Å². The van der Waals surface area contributed by atoms with Gasteiger partial charge in [-0.2, -0.15) is 4.98 Å². The number of nitrogens with one attached hydrogen (secondary N) is 1. The van der Waals surface area contributed by atoms with Crippen LogP contribution in [0.4, 0.5) is 5.82 Å². The third kappa shape index (κ3) is 4.60. The number of nitrogens with zero attached hydrogens (tertiary/aromatic N) is 2. The van der Waals surface area contributed by atoms with E-state index in [4.69, 9.17) is 9.84 Å². The van der Waals surface area contributed by atoms with Crippen LogP contribution in [0.2, 0.25) is 0 Å². The van der Waals surface area contributed by atoms with E-state index in [1.165, 1.54) is 16.8 Å². The van der Waals surface area contributed by atoms with E-state index in [0.717, 1.165) is 19.3 Å². The van der Waals surface area contributed by atoms with E-state index in [-0.39, 0.29) is 24.8 Å². The SMILES string of the molecule is CCCCCC(=O)Nc1ccn([C@H]2C[C@@H](O)[C@@H](CO)O2)c(=O)n1. The normalized spacial score (nSPS) is 23.9. The van der Waals surface area contributed by atoms with Crippen molar-refractivity contribution in [1.29, 1.82) is 0 Å². The van der Waals surface area contributed by atoms with Gasteiger partial charge in [-0.05, 0) is 12.5 Å². The van der Waals surface area contributed by atoms with Crippen molar-refractivity contribution in [3.8, 4) is 0 Å². The number of aromatic nitrogens is 2. The third-order valence-corrected chi connectivity index (χ3v) is 3.80. The Balaban J connectivity index is 1.98. The van der Waals surface area contributed by atoms with Gasteiger partial charge in [-0.25, -0.2) is 4.79 Å². The van der Waals surface area contributed by atoms with Crippen LogP contribution in [-0.4, -0.2) is 44.5 Å². The molecule has 8 nitrogen and oxygen atoms in total. The Morgan fingerprint density at radius 1 is 1.52 bits per heavy atom. The number of hydrogen-bond donors (Lipinski definition) is 3. The van der Waals surface area contributed by atoms with Crippen molar-refractivity contribution < 1.29 is 19.7 Å². The minimum atomic E-state index is -0.824. The lowest BCUT2D eigenvalue weighted by molar-refractivity contribution is -0.116. The van der Waals surface area contributed by atoms with Crippen LogP contribution in [0.5, 0.6) is 0 Å². The van der Waals surface area contributed by atoms with Crippen molar-refractivity contribution in [2.75, 3.05) is 11.9 Å². The summed E-state index contributed by atoms with van der Waals surface area (Å²) >= 11 is 0. The highest BCUT2D eigenvalue weighted by molar-refractivity contribution is 5.89. The summed E-state index contributed by atoms with van der Waals surface area (Å²) in [5.41, 5.74) is -0.577. The van der Waals surface area contributed by atoms with Crippen LogP contribution in [0.1, 0.15) is 45.3 Å². The van der Waals surface area contributed by atoms with Crippen molar-refractivity contribution in [3.63, 3.8) is 0 Å². The van der Waals surface area contributed by atoms with Gasteiger partial charge < -0.3 is 20.3 Å². The Morgan fingerprint density at radius 3 is 2.91 bits per heavy atom. The van der Waals surface area contributed by atoms with Gasteiger partial charge in [0.05, 0.1) is 12.7 Å². The quantitative estimate of drug-likeness (QED) is 0.625. The van der Waals surface area contributed by atoms with Crippen molar-refractivity contribution >= 4 is 11.7 Å². The number of hydrogen-bond acceptors (Lipinski definition) is 6. The first-order valence-corrected chi connectivity index (χ1v) is 7.88. The van der Waals surface area contributed by atoms with Crippen molar-refractivity contribution in [3.05, 3.63) is 22.7 Å². The smallest absolute Gasteiger partial charge is 0.351 e. The maximum absolute atomic E-state index is 12.0. The van der Waals surface area contributed by atoms with E-state index in [1.807, 2.05) is 0 Å². The predicted molar refractivity (Wildman–Crippen MR) is 82.9 cm³/mol. The predicted octanol–water partition coefficient (Wildman–Crippen LogP) is 0.403. The Labute approximate surface area is 134 Å². The molecular formula is C15H23N3O5. The number of aliphatic hydroxyl groups is 2. The summed E-state index contributed by atoms with van der Waals surface area (Å²) in [6.45, 7) is 1.74. The second kappa shape index (κ2) is 8.19. The molecule has 2 heterocycles. The zero-order chi connectivity index (χ0) is 16.8. The van der Waals surface area contributed by atoms with E-state index in [9.17, 15) is 14.7 Å². The van der Waals surface area contributed by atoms with E-state index in [2.05, 4.69) is 17.2 Å². The molecule has 0 unspecified atom stereocenters. The highest BCUT2D eigenvalue weighted by Gasteiger charge is 2.34. The molecule has 3 atom stereocenters. The molecule has 0 saturated carbocycles. The second-order valence-electron chi connectivity index (χ2n) is 5.62. The van der Waals surface area contributed by atoms with Gasteiger partial charge in [-0.3, -0.25) is 9.36 Å². The van der Waals surface area contributed by atoms with E-state index in [0.29, 0.717) is 6.42 Å². The summed E-state index contributed by atoms with van der Waals surface area (Å²) in [7, 11) is 0. The summed E-state index contributed by atoms with van der Waals surface area (Å²) in [5, 5.41) is 21.4.